The van der Waals surface area contributed by atoms with Gasteiger partial charge < -0.3 is 19.7 Å². The van der Waals surface area contributed by atoms with E-state index < -0.39 is 30.1 Å². The monoisotopic (exact) mass is 206 g/mol. The summed E-state index contributed by atoms with van der Waals surface area (Å²) in [7, 11) is 2.20. The zero-order valence-corrected chi connectivity index (χ0v) is 8.26. The average Bonchev–Trinajstić information content (AvgIpc) is 2.23. The molecule has 0 aliphatic carbocycles. The molecule has 0 aromatic carbocycles. The quantitative estimate of drug-likeness (QED) is 0.555. The highest BCUT2D eigenvalue weighted by Crippen LogP contribution is 2.11. The maximum atomic E-state index is 10.8. The van der Waals surface area contributed by atoms with E-state index in [9.17, 15) is 19.8 Å². The topological polar surface area (TPSA) is 93.1 Å². The second kappa shape index (κ2) is 5.56. The Hall–Kier alpha value is -1.14. The summed E-state index contributed by atoms with van der Waals surface area (Å²) < 4.78 is 8.49. The molecule has 0 aromatic rings. The predicted molar refractivity (Wildman–Crippen MR) is 45.2 cm³/mol. The average molecular weight is 206 g/mol. The molecule has 0 saturated heterocycles. The van der Waals surface area contributed by atoms with Crippen molar-refractivity contribution in [3.05, 3.63) is 0 Å². The molecule has 0 aliphatic heterocycles. The van der Waals surface area contributed by atoms with E-state index in [1.54, 1.807) is 0 Å². The second-order valence-corrected chi connectivity index (χ2v) is 2.80. The maximum Gasteiger partial charge on any atom is 0.335 e. The van der Waals surface area contributed by atoms with Crippen LogP contribution < -0.4 is 0 Å². The van der Waals surface area contributed by atoms with Gasteiger partial charge in [-0.3, -0.25) is 0 Å². The van der Waals surface area contributed by atoms with Gasteiger partial charge in [0.15, 0.2) is 12.2 Å². The molecule has 6 heteroatoms. The lowest BCUT2D eigenvalue weighted by molar-refractivity contribution is -0.163. The normalized spacial score (nSPS) is 16.6. The van der Waals surface area contributed by atoms with Crippen LogP contribution in [0.25, 0.3) is 0 Å². The van der Waals surface area contributed by atoms with Crippen molar-refractivity contribution in [2.75, 3.05) is 14.2 Å². The van der Waals surface area contributed by atoms with Gasteiger partial charge >= 0.3 is 11.9 Å². The van der Waals surface area contributed by atoms with E-state index >= 15 is 0 Å². The molecule has 82 valence electrons. The molecule has 2 N–H and O–H groups in total. The Morgan fingerprint density at radius 1 is 1.00 bits per heavy atom. The molecule has 0 aliphatic rings. The van der Waals surface area contributed by atoms with Crippen molar-refractivity contribution in [3.8, 4) is 0 Å². The van der Waals surface area contributed by atoms with Crippen LogP contribution in [0.3, 0.4) is 0 Å². The van der Waals surface area contributed by atoms with E-state index in [0.29, 0.717) is 0 Å². The summed E-state index contributed by atoms with van der Waals surface area (Å²) >= 11 is 0. The van der Waals surface area contributed by atoms with Gasteiger partial charge in [-0.15, -0.1) is 0 Å². The summed E-state index contributed by atoms with van der Waals surface area (Å²) in [5.74, 6) is -2.78. The highest BCUT2D eigenvalue weighted by Gasteiger charge is 2.33. The number of carbonyl (C=O) groups excluding carboxylic acids is 2. The van der Waals surface area contributed by atoms with Crippen molar-refractivity contribution in [2.24, 2.45) is 5.92 Å². The fourth-order valence-corrected chi connectivity index (χ4v) is 0.843. The molecule has 6 nitrogen and oxygen atoms in total. The van der Waals surface area contributed by atoms with E-state index in [0.717, 1.165) is 14.2 Å². The molecule has 2 atom stereocenters. The van der Waals surface area contributed by atoms with Crippen LogP contribution in [0, 0.1) is 5.92 Å². The Labute approximate surface area is 81.4 Å². The highest BCUT2D eigenvalue weighted by molar-refractivity contribution is 5.78. The SMILES string of the molecule is COC(=O)C(O)C(C)C(O)C(=O)OC. The van der Waals surface area contributed by atoms with Crippen LogP contribution in [0.1, 0.15) is 6.92 Å². The van der Waals surface area contributed by atoms with E-state index in [1.807, 2.05) is 0 Å². The second-order valence-electron chi connectivity index (χ2n) is 2.80. The molecular formula is C8H14O6. The van der Waals surface area contributed by atoms with Crippen LogP contribution in [0.5, 0.6) is 0 Å². The zero-order valence-electron chi connectivity index (χ0n) is 8.26. The first kappa shape index (κ1) is 12.9. The van der Waals surface area contributed by atoms with E-state index in [1.165, 1.54) is 6.92 Å². The third-order valence-corrected chi connectivity index (χ3v) is 1.88. The van der Waals surface area contributed by atoms with Gasteiger partial charge in [0.05, 0.1) is 14.2 Å². The van der Waals surface area contributed by atoms with Gasteiger partial charge in [0, 0.05) is 5.92 Å². The largest absolute Gasteiger partial charge is 0.467 e. The number of carbonyl (C=O) groups is 2. The smallest absolute Gasteiger partial charge is 0.335 e. The van der Waals surface area contributed by atoms with Crippen LogP contribution in [-0.4, -0.2) is 48.6 Å². The number of ether oxygens (including phenoxy) is 2. The van der Waals surface area contributed by atoms with E-state index in [-0.39, 0.29) is 0 Å². The predicted octanol–water partition coefficient (Wildman–Crippen LogP) is -1.31. The number of hydrogen-bond acceptors (Lipinski definition) is 6. The minimum Gasteiger partial charge on any atom is -0.467 e. The number of rotatable bonds is 4. The fourth-order valence-electron chi connectivity index (χ4n) is 0.843. The van der Waals surface area contributed by atoms with Gasteiger partial charge in [0.2, 0.25) is 0 Å². The standard InChI is InChI=1S/C8H14O6/c1-4(5(9)7(11)13-2)6(10)8(12)14-3/h4-6,9-10H,1-3H3. The molecular weight excluding hydrogens is 192 g/mol. The van der Waals surface area contributed by atoms with Crippen molar-refractivity contribution in [1.29, 1.82) is 0 Å². The first-order valence-electron chi connectivity index (χ1n) is 3.97. The number of hydrogen-bond donors (Lipinski definition) is 2. The Morgan fingerprint density at radius 2 is 1.29 bits per heavy atom. The minimum absolute atomic E-state index is 0.902. The third kappa shape index (κ3) is 2.97. The van der Waals surface area contributed by atoms with Gasteiger partial charge in [-0.2, -0.15) is 0 Å². The van der Waals surface area contributed by atoms with Crippen molar-refractivity contribution in [3.63, 3.8) is 0 Å². The Bertz CT molecular complexity index is 192. The summed E-state index contributed by atoms with van der Waals surface area (Å²) in [4.78, 5) is 21.7. The van der Waals surface area contributed by atoms with Crippen molar-refractivity contribution in [2.45, 2.75) is 19.1 Å². The van der Waals surface area contributed by atoms with Crippen LogP contribution in [0.15, 0.2) is 0 Å². The zero-order chi connectivity index (χ0) is 11.3. The van der Waals surface area contributed by atoms with Crippen LogP contribution in [-0.2, 0) is 19.1 Å². The molecule has 0 saturated carbocycles. The molecule has 0 amide bonds. The number of aliphatic hydroxyl groups is 2. The van der Waals surface area contributed by atoms with Gasteiger partial charge in [-0.25, -0.2) is 9.59 Å². The van der Waals surface area contributed by atoms with Crippen molar-refractivity contribution in [1.82, 2.24) is 0 Å². The maximum absolute atomic E-state index is 10.8. The van der Waals surface area contributed by atoms with E-state index in [4.69, 9.17) is 0 Å². The summed E-state index contributed by atoms with van der Waals surface area (Å²) in [5.41, 5.74) is 0. The molecule has 0 bridgehead atoms. The lowest BCUT2D eigenvalue weighted by Gasteiger charge is -2.20. The van der Waals surface area contributed by atoms with Gasteiger partial charge in [0.1, 0.15) is 0 Å². The van der Waals surface area contributed by atoms with E-state index in [2.05, 4.69) is 9.47 Å². The lowest BCUT2D eigenvalue weighted by atomic mass is 9.98. The Morgan fingerprint density at radius 3 is 1.50 bits per heavy atom. The van der Waals surface area contributed by atoms with Crippen LogP contribution in [0.4, 0.5) is 0 Å². The van der Waals surface area contributed by atoms with Crippen molar-refractivity contribution >= 4 is 11.9 Å². The number of methoxy groups -OCH3 is 2. The van der Waals surface area contributed by atoms with Gasteiger partial charge in [-0.05, 0) is 0 Å². The van der Waals surface area contributed by atoms with Gasteiger partial charge in [-0.1, -0.05) is 6.92 Å². The third-order valence-electron chi connectivity index (χ3n) is 1.88. The molecule has 14 heavy (non-hydrogen) atoms. The van der Waals surface area contributed by atoms with Crippen molar-refractivity contribution < 1.29 is 29.3 Å². The molecule has 2 unspecified atom stereocenters. The highest BCUT2D eigenvalue weighted by atomic mass is 16.5. The lowest BCUT2D eigenvalue weighted by Crippen LogP contribution is -2.40. The number of aliphatic hydroxyl groups excluding tert-OH is 2. The summed E-state index contributed by atoms with van der Waals surface area (Å²) in [5, 5.41) is 18.5. The first-order chi connectivity index (χ1) is 6.45. The molecule has 0 rings (SSSR count). The Kier molecular flexibility index (Phi) is 5.11. The molecule has 0 radical (unpaired) electrons. The summed E-state index contributed by atoms with van der Waals surface area (Å²) in [6.45, 7) is 1.34. The molecule has 0 spiro atoms. The Balaban J connectivity index is 4.37. The molecule has 0 fully saturated rings. The fraction of sp³-hybridized carbons (Fsp3) is 0.750. The van der Waals surface area contributed by atoms with Crippen LogP contribution >= 0.6 is 0 Å². The first-order valence-corrected chi connectivity index (χ1v) is 3.97. The van der Waals surface area contributed by atoms with Gasteiger partial charge in [0.25, 0.3) is 0 Å². The molecule has 0 heterocycles. The van der Waals surface area contributed by atoms with Crippen LogP contribution in [0.2, 0.25) is 0 Å². The summed E-state index contributed by atoms with van der Waals surface area (Å²) in [6.07, 6.45) is -3.09. The minimum atomic E-state index is -1.55. The summed E-state index contributed by atoms with van der Waals surface area (Å²) in [6, 6.07) is 0. The molecule has 0 aromatic heterocycles. The number of esters is 2.